The normalized spacial score (nSPS) is 11.8. The van der Waals surface area contributed by atoms with Crippen LogP contribution in [0.15, 0.2) is 60.8 Å². The lowest BCUT2D eigenvalue weighted by atomic mass is 10.1. The highest BCUT2D eigenvalue weighted by atomic mass is 35.5. The molecule has 3 rings (SSSR count). The van der Waals surface area contributed by atoms with Crippen LogP contribution in [0.3, 0.4) is 0 Å². The molecule has 0 fully saturated rings. The van der Waals surface area contributed by atoms with E-state index >= 15 is 0 Å². The number of sulfonamides is 1. The van der Waals surface area contributed by atoms with E-state index in [1.54, 1.807) is 6.20 Å². The molecular formula is C24H29ClN4O2S. The smallest absolute Gasteiger partial charge is 0.211 e. The molecule has 0 aliphatic carbocycles. The number of hydrogen-bond acceptors (Lipinski definition) is 5. The van der Waals surface area contributed by atoms with Crippen molar-refractivity contribution >= 4 is 21.6 Å². The van der Waals surface area contributed by atoms with Gasteiger partial charge >= 0.3 is 0 Å². The van der Waals surface area contributed by atoms with Crippen molar-refractivity contribution in [1.29, 1.82) is 0 Å². The summed E-state index contributed by atoms with van der Waals surface area (Å²) < 4.78 is 25.7. The predicted molar refractivity (Wildman–Crippen MR) is 130 cm³/mol. The summed E-state index contributed by atoms with van der Waals surface area (Å²) in [4.78, 5) is 9.14. The molecule has 0 saturated heterocycles. The second-order valence-corrected chi connectivity index (χ2v) is 10.2. The van der Waals surface area contributed by atoms with E-state index in [1.807, 2.05) is 48.5 Å². The first-order valence-corrected chi connectivity index (χ1v) is 12.9. The summed E-state index contributed by atoms with van der Waals surface area (Å²) in [6, 6.07) is 17.6. The largest absolute Gasteiger partial charge is 0.330 e. The van der Waals surface area contributed by atoms with Crippen LogP contribution in [0, 0.1) is 0 Å². The molecule has 2 N–H and O–H groups in total. The van der Waals surface area contributed by atoms with Gasteiger partial charge in [-0.05, 0) is 61.2 Å². The molecule has 3 aromatic rings. The lowest BCUT2D eigenvalue weighted by Crippen LogP contribution is -2.31. The minimum Gasteiger partial charge on any atom is -0.330 e. The zero-order chi connectivity index (χ0) is 23.0. The Kier molecular flexibility index (Phi) is 8.75. The number of aryl methyl sites for hydroxylation is 2. The van der Waals surface area contributed by atoms with Crippen LogP contribution >= 0.6 is 11.6 Å². The van der Waals surface area contributed by atoms with Gasteiger partial charge in [0, 0.05) is 36.3 Å². The maximum atomic E-state index is 12.1. The molecule has 32 heavy (non-hydrogen) atoms. The van der Waals surface area contributed by atoms with Gasteiger partial charge in [0.05, 0.1) is 11.9 Å². The maximum absolute atomic E-state index is 12.1. The molecule has 2 aromatic carbocycles. The van der Waals surface area contributed by atoms with Crippen molar-refractivity contribution in [3.63, 3.8) is 0 Å². The molecule has 0 aliphatic rings. The number of halogens is 1. The predicted octanol–water partition coefficient (Wildman–Crippen LogP) is 4.08. The number of hydrogen-bond donors (Lipinski definition) is 1. The topological polar surface area (TPSA) is 89.2 Å². The molecule has 8 heteroatoms. The fourth-order valence-corrected chi connectivity index (χ4v) is 4.54. The van der Waals surface area contributed by atoms with Gasteiger partial charge in [-0.2, -0.15) is 4.31 Å². The zero-order valence-corrected chi connectivity index (χ0v) is 19.8. The Morgan fingerprint density at radius 3 is 2.53 bits per heavy atom. The lowest BCUT2D eigenvalue weighted by molar-refractivity contribution is 0.405. The van der Waals surface area contributed by atoms with Crippen LogP contribution in [0.4, 0.5) is 0 Å². The monoisotopic (exact) mass is 472 g/mol. The highest BCUT2D eigenvalue weighted by molar-refractivity contribution is 7.88. The Hall–Kier alpha value is -2.32. The van der Waals surface area contributed by atoms with Crippen molar-refractivity contribution in [2.45, 2.75) is 32.2 Å². The molecular weight excluding hydrogens is 444 g/mol. The summed E-state index contributed by atoms with van der Waals surface area (Å²) in [6.45, 7) is 1.17. The number of nitrogens with two attached hydrogens (primary N) is 1. The van der Waals surface area contributed by atoms with Gasteiger partial charge in [0.15, 0.2) is 0 Å². The van der Waals surface area contributed by atoms with Crippen LogP contribution < -0.4 is 5.73 Å². The van der Waals surface area contributed by atoms with Crippen molar-refractivity contribution < 1.29 is 8.42 Å². The van der Waals surface area contributed by atoms with Gasteiger partial charge in [-0.25, -0.2) is 18.4 Å². The molecule has 170 valence electrons. The van der Waals surface area contributed by atoms with Crippen LogP contribution in [0.5, 0.6) is 0 Å². The van der Waals surface area contributed by atoms with Gasteiger partial charge in [-0.1, -0.05) is 41.9 Å². The van der Waals surface area contributed by atoms with Crippen molar-refractivity contribution in [3.8, 4) is 11.3 Å². The van der Waals surface area contributed by atoms with Gasteiger partial charge in [0.25, 0.3) is 0 Å². The first-order chi connectivity index (χ1) is 15.3. The Bertz CT molecular complexity index is 1140. The summed E-state index contributed by atoms with van der Waals surface area (Å²) in [7, 11) is -3.31. The van der Waals surface area contributed by atoms with Crippen molar-refractivity contribution in [2.75, 3.05) is 19.3 Å². The van der Waals surface area contributed by atoms with Crippen LogP contribution in [0.2, 0.25) is 5.02 Å². The highest BCUT2D eigenvalue weighted by Gasteiger charge is 2.16. The molecule has 1 aromatic heterocycles. The fraction of sp³-hybridized carbons (Fsp3) is 0.333. The second-order valence-electron chi connectivity index (χ2n) is 7.78. The zero-order valence-electron chi connectivity index (χ0n) is 18.2. The Morgan fingerprint density at radius 2 is 1.78 bits per heavy atom. The third kappa shape index (κ3) is 7.38. The third-order valence-corrected chi connectivity index (χ3v) is 6.61. The van der Waals surface area contributed by atoms with E-state index in [-0.39, 0.29) is 0 Å². The molecule has 6 nitrogen and oxygen atoms in total. The first kappa shape index (κ1) is 24.3. The highest BCUT2D eigenvalue weighted by Crippen LogP contribution is 2.20. The van der Waals surface area contributed by atoms with Crippen molar-refractivity contribution in [2.24, 2.45) is 5.73 Å². The summed E-state index contributed by atoms with van der Waals surface area (Å²) in [5, 5.41) is 0.748. The third-order valence-electron chi connectivity index (χ3n) is 5.12. The number of nitrogens with zero attached hydrogens (tertiary/aromatic N) is 3. The van der Waals surface area contributed by atoms with Crippen LogP contribution in [-0.2, 0) is 29.4 Å². The first-order valence-electron chi connectivity index (χ1n) is 10.7. The van der Waals surface area contributed by atoms with E-state index in [4.69, 9.17) is 22.3 Å². The summed E-state index contributed by atoms with van der Waals surface area (Å²) >= 11 is 6.06. The van der Waals surface area contributed by atoms with Gasteiger partial charge in [0.2, 0.25) is 10.0 Å². The molecule has 0 bridgehead atoms. The van der Waals surface area contributed by atoms with E-state index < -0.39 is 10.0 Å². The fourth-order valence-electron chi connectivity index (χ4n) is 3.49. The van der Waals surface area contributed by atoms with Crippen LogP contribution in [-0.4, -0.2) is 42.0 Å². The number of rotatable bonds is 11. The Balaban J connectivity index is 1.69. The Morgan fingerprint density at radius 1 is 1.00 bits per heavy atom. The minimum atomic E-state index is -3.31. The lowest BCUT2D eigenvalue weighted by Gasteiger charge is -2.20. The van der Waals surface area contributed by atoms with E-state index in [0.29, 0.717) is 26.1 Å². The van der Waals surface area contributed by atoms with Crippen LogP contribution in [0.1, 0.15) is 29.8 Å². The van der Waals surface area contributed by atoms with E-state index in [9.17, 15) is 8.42 Å². The molecule has 0 amide bonds. The molecule has 0 spiro atoms. The van der Waals surface area contributed by atoms with Gasteiger partial charge in [-0.3, -0.25) is 0 Å². The van der Waals surface area contributed by atoms with Gasteiger partial charge < -0.3 is 5.73 Å². The quantitative estimate of drug-likeness (QED) is 0.454. The molecule has 0 unspecified atom stereocenters. The second kappa shape index (κ2) is 11.5. The molecule has 0 radical (unpaired) electrons. The maximum Gasteiger partial charge on any atom is 0.211 e. The van der Waals surface area contributed by atoms with Crippen molar-refractivity contribution in [3.05, 3.63) is 82.8 Å². The summed E-state index contributed by atoms with van der Waals surface area (Å²) in [6.07, 6.45) is 6.22. The molecule has 0 aliphatic heterocycles. The van der Waals surface area contributed by atoms with Crippen molar-refractivity contribution in [1.82, 2.24) is 14.3 Å². The number of benzene rings is 2. The van der Waals surface area contributed by atoms with E-state index in [0.717, 1.165) is 46.9 Å². The van der Waals surface area contributed by atoms with E-state index in [1.165, 1.54) is 16.1 Å². The summed E-state index contributed by atoms with van der Waals surface area (Å²) in [5.74, 6) is 0.788. The average molecular weight is 473 g/mol. The Labute approximate surface area is 195 Å². The van der Waals surface area contributed by atoms with E-state index in [2.05, 4.69) is 11.1 Å². The standard InChI is InChI=1S/C24H29ClN4O2S/c1-32(30,31)29(15-5-13-26)18-20-8-2-9-21(16-20)23-12-14-27-24(28-23)11-4-7-19-6-3-10-22(25)17-19/h2-3,6,8-10,12,14,16-17H,4-5,7,11,13,15,18,26H2,1H3. The molecule has 0 saturated carbocycles. The average Bonchev–Trinajstić information content (AvgIpc) is 2.76. The summed E-state index contributed by atoms with van der Waals surface area (Å²) in [5.41, 5.74) is 9.43. The van der Waals surface area contributed by atoms with Crippen LogP contribution in [0.25, 0.3) is 11.3 Å². The number of aromatic nitrogens is 2. The SMILES string of the molecule is CS(=O)(=O)N(CCCN)Cc1cccc(-c2ccnc(CCCc3cccc(Cl)c3)n2)c1. The van der Waals surface area contributed by atoms with Gasteiger partial charge in [0.1, 0.15) is 5.82 Å². The molecule has 1 heterocycles. The minimum absolute atomic E-state index is 0.310. The van der Waals surface area contributed by atoms with Gasteiger partial charge in [-0.15, -0.1) is 0 Å². The molecule has 0 atom stereocenters.